The van der Waals surface area contributed by atoms with Gasteiger partial charge in [0.2, 0.25) is 0 Å². The predicted octanol–water partition coefficient (Wildman–Crippen LogP) is 4.14. The van der Waals surface area contributed by atoms with Crippen LogP contribution in [-0.4, -0.2) is 11.7 Å². The standard InChI is InChI=1S/C15H17NO2S2/c1-9(2)14(12-5-4-8-19-12)16-15(18)13-7-6-11(20-13)10(3)17/h4-9,14H,1-3H3,(H,16,18)/t14-/m0/s1. The van der Waals surface area contributed by atoms with E-state index in [-0.39, 0.29) is 17.7 Å². The van der Waals surface area contributed by atoms with Crippen LogP contribution in [0, 0.1) is 5.92 Å². The van der Waals surface area contributed by atoms with Crippen LogP contribution in [0.3, 0.4) is 0 Å². The second-order valence-corrected chi connectivity index (χ2v) is 6.99. The number of carbonyl (C=O) groups is 2. The lowest BCUT2D eigenvalue weighted by Crippen LogP contribution is -2.30. The molecule has 3 nitrogen and oxygen atoms in total. The van der Waals surface area contributed by atoms with E-state index in [4.69, 9.17) is 0 Å². The summed E-state index contributed by atoms with van der Waals surface area (Å²) < 4.78 is 0. The Labute approximate surface area is 126 Å². The number of amides is 1. The number of hydrogen-bond donors (Lipinski definition) is 1. The van der Waals surface area contributed by atoms with Gasteiger partial charge in [0, 0.05) is 4.88 Å². The first-order valence-electron chi connectivity index (χ1n) is 6.44. The molecule has 2 aromatic rings. The fourth-order valence-corrected chi connectivity index (χ4v) is 3.65. The van der Waals surface area contributed by atoms with E-state index < -0.39 is 0 Å². The van der Waals surface area contributed by atoms with E-state index in [2.05, 4.69) is 19.2 Å². The van der Waals surface area contributed by atoms with Crippen molar-refractivity contribution in [3.63, 3.8) is 0 Å². The summed E-state index contributed by atoms with van der Waals surface area (Å²) in [5.41, 5.74) is 0. The Morgan fingerprint density at radius 2 is 1.85 bits per heavy atom. The van der Waals surface area contributed by atoms with Crippen molar-refractivity contribution in [1.82, 2.24) is 5.32 Å². The molecule has 0 aromatic carbocycles. The second-order valence-electron chi connectivity index (χ2n) is 4.93. The molecule has 20 heavy (non-hydrogen) atoms. The van der Waals surface area contributed by atoms with Crippen molar-refractivity contribution in [1.29, 1.82) is 0 Å². The summed E-state index contributed by atoms with van der Waals surface area (Å²) in [6.07, 6.45) is 0. The van der Waals surface area contributed by atoms with Gasteiger partial charge in [-0.05, 0) is 36.4 Å². The number of hydrogen-bond acceptors (Lipinski definition) is 4. The summed E-state index contributed by atoms with van der Waals surface area (Å²) in [5, 5.41) is 5.07. The molecule has 1 atom stereocenters. The van der Waals surface area contributed by atoms with Crippen molar-refractivity contribution in [3.05, 3.63) is 44.3 Å². The van der Waals surface area contributed by atoms with Gasteiger partial charge < -0.3 is 5.32 Å². The normalized spacial score (nSPS) is 12.4. The summed E-state index contributed by atoms with van der Waals surface area (Å²) in [6.45, 7) is 5.68. The molecule has 106 valence electrons. The van der Waals surface area contributed by atoms with E-state index in [1.54, 1.807) is 23.5 Å². The Kier molecular flexibility index (Phi) is 4.73. The van der Waals surface area contributed by atoms with E-state index in [9.17, 15) is 9.59 Å². The smallest absolute Gasteiger partial charge is 0.261 e. The molecule has 0 saturated heterocycles. The van der Waals surface area contributed by atoms with Crippen molar-refractivity contribution in [2.24, 2.45) is 5.92 Å². The number of Topliss-reactive ketones (excluding diaryl/α,β-unsaturated/α-hetero) is 1. The van der Waals surface area contributed by atoms with Gasteiger partial charge in [0.25, 0.3) is 5.91 Å². The molecule has 0 radical (unpaired) electrons. The molecule has 1 amide bonds. The highest BCUT2D eigenvalue weighted by atomic mass is 32.1. The monoisotopic (exact) mass is 307 g/mol. The molecule has 2 rings (SSSR count). The molecule has 1 N–H and O–H groups in total. The van der Waals surface area contributed by atoms with Crippen LogP contribution in [0.1, 0.15) is 51.0 Å². The predicted molar refractivity (Wildman–Crippen MR) is 83.7 cm³/mol. The lowest BCUT2D eigenvalue weighted by atomic mass is 10.0. The van der Waals surface area contributed by atoms with Crippen LogP contribution in [0.2, 0.25) is 0 Å². The van der Waals surface area contributed by atoms with Crippen LogP contribution < -0.4 is 5.32 Å². The van der Waals surface area contributed by atoms with Crippen molar-refractivity contribution >= 4 is 34.4 Å². The van der Waals surface area contributed by atoms with Crippen LogP contribution in [0.25, 0.3) is 0 Å². The Hall–Kier alpha value is -1.46. The molecule has 2 aromatic heterocycles. The minimum Gasteiger partial charge on any atom is -0.343 e. The number of nitrogens with one attached hydrogen (secondary N) is 1. The lowest BCUT2D eigenvalue weighted by molar-refractivity contribution is 0.0930. The van der Waals surface area contributed by atoms with Crippen molar-refractivity contribution in [2.45, 2.75) is 26.8 Å². The van der Waals surface area contributed by atoms with E-state index >= 15 is 0 Å². The van der Waals surface area contributed by atoms with E-state index in [0.717, 1.165) is 4.88 Å². The third-order valence-corrected chi connectivity index (χ3v) is 5.12. The van der Waals surface area contributed by atoms with E-state index in [1.807, 2.05) is 17.5 Å². The van der Waals surface area contributed by atoms with Gasteiger partial charge in [0.1, 0.15) is 0 Å². The molecular weight excluding hydrogens is 290 g/mol. The molecule has 5 heteroatoms. The summed E-state index contributed by atoms with van der Waals surface area (Å²) in [4.78, 5) is 25.9. The second kappa shape index (κ2) is 6.33. The molecule has 0 fully saturated rings. The first kappa shape index (κ1) is 14.9. The Morgan fingerprint density at radius 1 is 1.15 bits per heavy atom. The van der Waals surface area contributed by atoms with Gasteiger partial charge in [-0.25, -0.2) is 0 Å². The van der Waals surface area contributed by atoms with Gasteiger partial charge in [0.15, 0.2) is 5.78 Å². The zero-order valence-corrected chi connectivity index (χ0v) is 13.3. The maximum atomic E-state index is 12.3. The van der Waals surface area contributed by atoms with Crippen LogP contribution in [0.5, 0.6) is 0 Å². The van der Waals surface area contributed by atoms with Gasteiger partial charge in [-0.15, -0.1) is 22.7 Å². The minimum atomic E-state index is -0.116. The third-order valence-electron chi connectivity index (χ3n) is 2.98. The zero-order valence-electron chi connectivity index (χ0n) is 11.7. The van der Waals surface area contributed by atoms with E-state index in [0.29, 0.717) is 15.7 Å². The Bertz CT molecular complexity index is 599. The van der Waals surface area contributed by atoms with Gasteiger partial charge in [-0.3, -0.25) is 9.59 Å². The highest BCUT2D eigenvalue weighted by molar-refractivity contribution is 7.16. The molecule has 0 aliphatic rings. The lowest BCUT2D eigenvalue weighted by Gasteiger charge is -2.20. The van der Waals surface area contributed by atoms with Crippen LogP contribution in [0.4, 0.5) is 0 Å². The molecule has 0 aliphatic carbocycles. The fraction of sp³-hybridized carbons (Fsp3) is 0.333. The average molecular weight is 307 g/mol. The topological polar surface area (TPSA) is 46.2 Å². The number of rotatable bonds is 5. The molecule has 2 heterocycles. The molecule has 0 bridgehead atoms. The zero-order chi connectivity index (χ0) is 14.7. The molecule has 0 spiro atoms. The highest BCUT2D eigenvalue weighted by Crippen LogP contribution is 2.27. The average Bonchev–Trinajstić information content (AvgIpc) is 3.05. The number of carbonyl (C=O) groups excluding carboxylic acids is 2. The SMILES string of the molecule is CC(=O)c1ccc(C(=O)N[C@H](c2cccs2)C(C)C)s1. The van der Waals surface area contributed by atoms with Crippen LogP contribution in [0.15, 0.2) is 29.6 Å². The van der Waals surface area contributed by atoms with Crippen molar-refractivity contribution < 1.29 is 9.59 Å². The molecule has 0 unspecified atom stereocenters. The van der Waals surface area contributed by atoms with Gasteiger partial charge in [0.05, 0.1) is 15.8 Å². The largest absolute Gasteiger partial charge is 0.343 e. The van der Waals surface area contributed by atoms with Gasteiger partial charge >= 0.3 is 0 Å². The van der Waals surface area contributed by atoms with E-state index in [1.165, 1.54) is 18.3 Å². The fourth-order valence-electron chi connectivity index (χ4n) is 1.90. The van der Waals surface area contributed by atoms with Gasteiger partial charge in [-0.1, -0.05) is 19.9 Å². The van der Waals surface area contributed by atoms with Crippen LogP contribution in [-0.2, 0) is 0 Å². The first-order valence-corrected chi connectivity index (χ1v) is 8.13. The molecule has 0 saturated carbocycles. The number of ketones is 1. The Morgan fingerprint density at radius 3 is 2.35 bits per heavy atom. The van der Waals surface area contributed by atoms with Crippen molar-refractivity contribution in [3.8, 4) is 0 Å². The van der Waals surface area contributed by atoms with Gasteiger partial charge in [-0.2, -0.15) is 0 Å². The van der Waals surface area contributed by atoms with Crippen molar-refractivity contribution in [2.75, 3.05) is 0 Å². The molecule has 0 aliphatic heterocycles. The summed E-state index contributed by atoms with van der Waals surface area (Å²) >= 11 is 2.88. The maximum absolute atomic E-state index is 12.3. The summed E-state index contributed by atoms with van der Waals surface area (Å²) in [7, 11) is 0. The molecular formula is C15H17NO2S2. The first-order chi connectivity index (χ1) is 9.49. The summed E-state index contributed by atoms with van der Waals surface area (Å²) in [6, 6.07) is 7.44. The summed E-state index contributed by atoms with van der Waals surface area (Å²) in [5.74, 6) is 0.187. The van der Waals surface area contributed by atoms with Crippen LogP contribution >= 0.6 is 22.7 Å². The number of thiophene rings is 2. The maximum Gasteiger partial charge on any atom is 0.261 e. The Balaban J connectivity index is 2.14. The third kappa shape index (κ3) is 3.35. The highest BCUT2D eigenvalue weighted by Gasteiger charge is 2.21. The quantitative estimate of drug-likeness (QED) is 0.844. The minimum absolute atomic E-state index is 0.00498.